The SMILES string of the molecule is CCOc1cc2occ(-c3cccc4ccccc34)c2cc1/C(C)=C/C(=O)NCc1ccc(F)cc1. The van der Waals surface area contributed by atoms with Gasteiger partial charge in [0.15, 0.2) is 0 Å². The standard InChI is InChI=1S/C31H26FNO3/c1-3-35-29-17-30-27(28(19-36-30)25-10-6-8-22-7-4-5-9-24(22)25)16-26(29)20(2)15-31(34)33-18-21-11-13-23(32)14-12-21/h4-17,19H,3,18H2,1-2H3,(H,33,34)/b20-15+. The maximum atomic E-state index is 13.1. The molecule has 36 heavy (non-hydrogen) atoms. The molecule has 1 aromatic heterocycles. The molecule has 180 valence electrons. The van der Waals surface area contributed by atoms with Gasteiger partial charge in [-0.2, -0.15) is 0 Å². The van der Waals surface area contributed by atoms with E-state index in [1.807, 2.05) is 44.2 Å². The van der Waals surface area contributed by atoms with Crippen LogP contribution < -0.4 is 10.1 Å². The van der Waals surface area contributed by atoms with Gasteiger partial charge >= 0.3 is 0 Å². The smallest absolute Gasteiger partial charge is 0.244 e. The zero-order valence-electron chi connectivity index (χ0n) is 20.2. The second-order valence-corrected chi connectivity index (χ2v) is 8.63. The highest BCUT2D eigenvalue weighted by Gasteiger charge is 2.16. The van der Waals surface area contributed by atoms with Crippen LogP contribution in [-0.4, -0.2) is 12.5 Å². The minimum absolute atomic E-state index is 0.235. The second-order valence-electron chi connectivity index (χ2n) is 8.63. The monoisotopic (exact) mass is 479 g/mol. The van der Waals surface area contributed by atoms with Crippen molar-refractivity contribution in [3.8, 4) is 16.9 Å². The summed E-state index contributed by atoms with van der Waals surface area (Å²) in [5, 5.41) is 6.11. The molecule has 5 rings (SSSR count). The van der Waals surface area contributed by atoms with Gasteiger partial charge < -0.3 is 14.5 Å². The van der Waals surface area contributed by atoms with Crippen LogP contribution in [0.2, 0.25) is 0 Å². The van der Waals surface area contributed by atoms with Gasteiger partial charge in [-0.05, 0) is 59.5 Å². The average molecular weight is 480 g/mol. The fourth-order valence-corrected chi connectivity index (χ4v) is 4.42. The van der Waals surface area contributed by atoms with E-state index in [0.717, 1.165) is 49.6 Å². The molecule has 0 aliphatic heterocycles. The Balaban J connectivity index is 1.51. The van der Waals surface area contributed by atoms with E-state index in [2.05, 4.69) is 29.6 Å². The summed E-state index contributed by atoms with van der Waals surface area (Å²) in [6.07, 6.45) is 3.34. The van der Waals surface area contributed by atoms with Crippen molar-refractivity contribution in [1.82, 2.24) is 5.32 Å². The Bertz CT molecular complexity index is 1580. The quantitative estimate of drug-likeness (QED) is 0.246. The summed E-state index contributed by atoms with van der Waals surface area (Å²) in [7, 11) is 0. The van der Waals surface area contributed by atoms with E-state index in [1.54, 1.807) is 24.5 Å². The van der Waals surface area contributed by atoms with Gasteiger partial charge in [-0.25, -0.2) is 4.39 Å². The molecule has 1 N–H and O–H groups in total. The molecule has 4 nitrogen and oxygen atoms in total. The molecule has 0 bridgehead atoms. The Morgan fingerprint density at radius 3 is 2.56 bits per heavy atom. The first kappa shape index (κ1) is 23.4. The van der Waals surface area contributed by atoms with Crippen molar-refractivity contribution in [2.45, 2.75) is 20.4 Å². The largest absolute Gasteiger partial charge is 0.493 e. The molecule has 5 aromatic rings. The number of carbonyl (C=O) groups excluding carboxylic acids is 1. The molecule has 0 fully saturated rings. The fraction of sp³-hybridized carbons (Fsp3) is 0.129. The summed E-state index contributed by atoms with van der Waals surface area (Å²) in [4.78, 5) is 12.7. The molecule has 0 radical (unpaired) electrons. The Hall–Kier alpha value is -4.38. The first-order valence-electron chi connectivity index (χ1n) is 11.9. The molecule has 5 heteroatoms. The lowest BCUT2D eigenvalue weighted by Crippen LogP contribution is -2.20. The van der Waals surface area contributed by atoms with Crippen LogP contribution in [0.1, 0.15) is 25.0 Å². The highest BCUT2D eigenvalue weighted by Crippen LogP contribution is 2.39. The summed E-state index contributed by atoms with van der Waals surface area (Å²) >= 11 is 0. The number of hydrogen-bond donors (Lipinski definition) is 1. The normalized spacial score (nSPS) is 11.7. The Labute approximate surface area is 209 Å². The van der Waals surface area contributed by atoms with Crippen LogP contribution in [0.5, 0.6) is 5.75 Å². The lowest BCUT2D eigenvalue weighted by atomic mass is 9.96. The van der Waals surface area contributed by atoms with Gasteiger partial charge in [0.1, 0.15) is 17.1 Å². The highest BCUT2D eigenvalue weighted by molar-refractivity contribution is 6.06. The molecule has 0 saturated heterocycles. The van der Waals surface area contributed by atoms with Crippen LogP contribution in [0, 0.1) is 5.82 Å². The number of ether oxygens (including phenoxy) is 1. The van der Waals surface area contributed by atoms with Crippen molar-refractivity contribution < 1.29 is 18.3 Å². The molecular formula is C31H26FNO3. The lowest BCUT2D eigenvalue weighted by molar-refractivity contribution is -0.116. The minimum Gasteiger partial charge on any atom is -0.493 e. The van der Waals surface area contributed by atoms with Gasteiger partial charge in [0, 0.05) is 35.2 Å². The number of carbonyl (C=O) groups is 1. The maximum Gasteiger partial charge on any atom is 0.244 e. The minimum atomic E-state index is -0.304. The Morgan fingerprint density at radius 2 is 1.75 bits per heavy atom. The van der Waals surface area contributed by atoms with Crippen molar-refractivity contribution >= 4 is 33.2 Å². The van der Waals surface area contributed by atoms with Crippen LogP contribution in [0.25, 0.3) is 38.4 Å². The predicted octanol–water partition coefficient (Wildman–Crippen LogP) is 7.51. The van der Waals surface area contributed by atoms with E-state index in [1.165, 1.54) is 12.1 Å². The molecule has 1 amide bonds. The maximum absolute atomic E-state index is 13.1. The van der Waals surface area contributed by atoms with Crippen molar-refractivity contribution in [3.05, 3.63) is 108 Å². The van der Waals surface area contributed by atoms with Gasteiger partial charge in [-0.15, -0.1) is 0 Å². The summed E-state index contributed by atoms with van der Waals surface area (Å²) < 4.78 is 25.0. The molecule has 0 saturated carbocycles. The number of hydrogen-bond acceptors (Lipinski definition) is 3. The Kier molecular flexibility index (Phi) is 6.54. The zero-order chi connectivity index (χ0) is 25.1. The summed E-state index contributed by atoms with van der Waals surface area (Å²) in [5.74, 6) is 0.117. The molecule has 0 aliphatic rings. The van der Waals surface area contributed by atoms with Crippen molar-refractivity contribution in [2.75, 3.05) is 6.61 Å². The first-order chi connectivity index (χ1) is 17.5. The summed E-state index contributed by atoms with van der Waals surface area (Å²) in [6.45, 7) is 4.61. The number of rotatable bonds is 7. The van der Waals surface area contributed by atoms with E-state index >= 15 is 0 Å². The van der Waals surface area contributed by atoms with Gasteiger partial charge in [-0.1, -0.05) is 54.6 Å². The van der Waals surface area contributed by atoms with Crippen LogP contribution in [0.3, 0.4) is 0 Å². The van der Waals surface area contributed by atoms with Gasteiger partial charge in [-0.3, -0.25) is 4.79 Å². The third kappa shape index (κ3) is 4.73. The number of nitrogens with one attached hydrogen (secondary N) is 1. The first-order valence-corrected chi connectivity index (χ1v) is 11.9. The van der Waals surface area contributed by atoms with E-state index < -0.39 is 0 Å². The van der Waals surface area contributed by atoms with Gasteiger partial charge in [0.05, 0.1) is 12.9 Å². The molecule has 0 unspecified atom stereocenters. The molecule has 4 aromatic carbocycles. The van der Waals surface area contributed by atoms with E-state index in [0.29, 0.717) is 18.9 Å². The fourth-order valence-electron chi connectivity index (χ4n) is 4.42. The van der Waals surface area contributed by atoms with Crippen molar-refractivity contribution in [3.63, 3.8) is 0 Å². The van der Waals surface area contributed by atoms with Crippen LogP contribution in [0.4, 0.5) is 4.39 Å². The van der Waals surface area contributed by atoms with E-state index in [4.69, 9.17) is 9.15 Å². The van der Waals surface area contributed by atoms with Crippen molar-refractivity contribution in [1.29, 1.82) is 0 Å². The number of halogens is 1. The van der Waals surface area contributed by atoms with Crippen LogP contribution in [0.15, 0.2) is 95.6 Å². The van der Waals surface area contributed by atoms with Crippen molar-refractivity contribution in [2.24, 2.45) is 0 Å². The summed E-state index contributed by atoms with van der Waals surface area (Å²) in [6, 6.07) is 24.5. The number of furan rings is 1. The Morgan fingerprint density at radius 1 is 0.972 bits per heavy atom. The third-order valence-electron chi connectivity index (χ3n) is 6.21. The van der Waals surface area contributed by atoms with E-state index in [9.17, 15) is 9.18 Å². The number of benzene rings is 4. The predicted molar refractivity (Wildman–Crippen MR) is 142 cm³/mol. The molecule has 0 atom stereocenters. The second kappa shape index (κ2) is 10.1. The zero-order valence-corrected chi connectivity index (χ0v) is 20.2. The number of allylic oxidation sites excluding steroid dienone is 1. The molecule has 0 spiro atoms. The molecule has 1 heterocycles. The summed E-state index contributed by atoms with van der Waals surface area (Å²) in [5.41, 5.74) is 5.20. The lowest BCUT2D eigenvalue weighted by Gasteiger charge is -2.12. The topological polar surface area (TPSA) is 51.5 Å². The molecule has 0 aliphatic carbocycles. The number of amides is 1. The highest BCUT2D eigenvalue weighted by atomic mass is 19.1. The van der Waals surface area contributed by atoms with Crippen LogP contribution in [-0.2, 0) is 11.3 Å². The van der Waals surface area contributed by atoms with Crippen LogP contribution >= 0.6 is 0 Å². The van der Waals surface area contributed by atoms with Gasteiger partial charge in [0.25, 0.3) is 0 Å². The van der Waals surface area contributed by atoms with Gasteiger partial charge in [0.2, 0.25) is 5.91 Å². The molecular weight excluding hydrogens is 453 g/mol. The number of fused-ring (bicyclic) bond motifs is 2. The van der Waals surface area contributed by atoms with E-state index in [-0.39, 0.29) is 11.7 Å². The average Bonchev–Trinajstić information content (AvgIpc) is 3.30. The third-order valence-corrected chi connectivity index (χ3v) is 6.21.